The highest BCUT2D eigenvalue weighted by Crippen LogP contribution is 2.35. The summed E-state index contributed by atoms with van der Waals surface area (Å²) in [5, 5.41) is 15.3. The summed E-state index contributed by atoms with van der Waals surface area (Å²) in [6, 6.07) is 13.1. The molecule has 0 fully saturated rings. The van der Waals surface area contributed by atoms with Crippen LogP contribution in [0.25, 0.3) is 11.0 Å². The number of furan rings is 1. The molecule has 0 spiro atoms. The summed E-state index contributed by atoms with van der Waals surface area (Å²) in [4.78, 5) is 10.4. The molecule has 2 aromatic carbocycles. The van der Waals surface area contributed by atoms with Crippen molar-refractivity contribution >= 4 is 32.2 Å². The molecule has 1 heterocycles. The Labute approximate surface area is 144 Å². The molecule has 130 valence electrons. The fourth-order valence-corrected chi connectivity index (χ4v) is 3.51. The van der Waals surface area contributed by atoms with Crippen molar-refractivity contribution in [1.29, 1.82) is 0 Å². The molecular weight excluding hydrogens is 344 g/mol. The average Bonchev–Trinajstić information content (AvgIpc) is 2.97. The van der Waals surface area contributed by atoms with Gasteiger partial charge in [-0.1, -0.05) is 24.3 Å². The smallest absolute Gasteiger partial charge is 0.310 e. The summed E-state index contributed by atoms with van der Waals surface area (Å²) in [7, 11) is -3.73. The Bertz CT molecular complexity index is 1020. The number of para-hydroxylation sites is 2. The predicted octanol–water partition coefficient (Wildman–Crippen LogP) is 3.92. The van der Waals surface area contributed by atoms with E-state index in [1.165, 1.54) is 18.2 Å². The number of rotatable bonds is 5. The maximum atomic E-state index is 11.8. The van der Waals surface area contributed by atoms with Crippen LogP contribution in [0, 0.1) is 10.1 Å². The molecule has 0 radical (unpaired) electrons. The number of hydrogen-bond acceptors (Lipinski definition) is 6. The first-order valence-corrected chi connectivity index (χ1v) is 9.39. The molecule has 1 unspecified atom stereocenters. The van der Waals surface area contributed by atoms with E-state index in [2.05, 4.69) is 5.32 Å². The van der Waals surface area contributed by atoms with E-state index in [1.807, 2.05) is 30.3 Å². The molecule has 1 atom stereocenters. The van der Waals surface area contributed by atoms with E-state index in [-0.39, 0.29) is 16.6 Å². The molecule has 3 rings (SSSR count). The highest BCUT2D eigenvalue weighted by molar-refractivity contribution is 7.90. The Morgan fingerprint density at radius 1 is 1.16 bits per heavy atom. The number of benzene rings is 2. The molecule has 1 N–H and O–H groups in total. The van der Waals surface area contributed by atoms with E-state index in [9.17, 15) is 18.5 Å². The zero-order chi connectivity index (χ0) is 18.2. The van der Waals surface area contributed by atoms with Crippen molar-refractivity contribution in [1.82, 2.24) is 0 Å². The highest BCUT2D eigenvalue weighted by Gasteiger charge is 2.27. The first-order valence-electron chi connectivity index (χ1n) is 7.50. The molecule has 8 heteroatoms. The molecule has 1 aromatic heterocycles. The fraction of sp³-hybridized carbons (Fsp3) is 0.176. The van der Waals surface area contributed by atoms with Crippen molar-refractivity contribution in [2.45, 2.75) is 17.9 Å². The fourth-order valence-electron chi connectivity index (χ4n) is 2.65. The minimum atomic E-state index is -3.73. The average molecular weight is 360 g/mol. The number of nitro groups is 1. The van der Waals surface area contributed by atoms with Gasteiger partial charge in [-0.2, -0.15) is 0 Å². The lowest BCUT2D eigenvalue weighted by molar-refractivity contribution is -0.386. The number of nitrogens with zero attached hydrogens (tertiary/aromatic N) is 1. The second kappa shape index (κ2) is 6.21. The van der Waals surface area contributed by atoms with Crippen LogP contribution >= 0.6 is 0 Å². The van der Waals surface area contributed by atoms with Crippen LogP contribution in [0.3, 0.4) is 0 Å². The van der Waals surface area contributed by atoms with Crippen molar-refractivity contribution in [2.24, 2.45) is 0 Å². The van der Waals surface area contributed by atoms with Crippen LogP contribution < -0.4 is 5.32 Å². The van der Waals surface area contributed by atoms with Crippen LogP contribution in [0.1, 0.15) is 18.7 Å². The minimum Gasteiger partial charge on any atom is -0.459 e. The predicted molar refractivity (Wildman–Crippen MR) is 94.5 cm³/mol. The lowest BCUT2D eigenvalue weighted by Gasteiger charge is -2.14. The maximum Gasteiger partial charge on any atom is 0.310 e. The van der Waals surface area contributed by atoms with Crippen LogP contribution in [0.5, 0.6) is 0 Å². The summed E-state index contributed by atoms with van der Waals surface area (Å²) in [6.45, 7) is 1.79. The number of sulfone groups is 1. The van der Waals surface area contributed by atoms with Gasteiger partial charge in [-0.05, 0) is 31.2 Å². The second-order valence-electron chi connectivity index (χ2n) is 5.73. The van der Waals surface area contributed by atoms with Gasteiger partial charge in [-0.3, -0.25) is 10.1 Å². The Morgan fingerprint density at radius 3 is 2.52 bits per heavy atom. The topological polar surface area (TPSA) is 102 Å². The van der Waals surface area contributed by atoms with E-state index in [0.29, 0.717) is 11.3 Å². The van der Waals surface area contributed by atoms with Crippen LogP contribution in [-0.4, -0.2) is 19.6 Å². The largest absolute Gasteiger partial charge is 0.459 e. The molecule has 0 amide bonds. The van der Waals surface area contributed by atoms with Gasteiger partial charge >= 0.3 is 5.69 Å². The highest BCUT2D eigenvalue weighted by atomic mass is 32.2. The Hall–Kier alpha value is -2.87. The normalized spacial score (nSPS) is 12.9. The van der Waals surface area contributed by atoms with E-state index in [4.69, 9.17) is 4.42 Å². The molecule has 25 heavy (non-hydrogen) atoms. The Morgan fingerprint density at radius 2 is 1.88 bits per heavy atom. The third kappa shape index (κ3) is 3.34. The van der Waals surface area contributed by atoms with Crippen molar-refractivity contribution in [3.8, 4) is 0 Å². The molecule has 0 aliphatic heterocycles. The van der Waals surface area contributed by atoms with Crippen LogP contribution in [-0.2, 0) is 9.84 Å². The summed E-state index contributed by atoms with van der Waals surface area (Å²) in [5.41, 5.74) is 0.374. The van der Waals surface area contributed by atoms with E-state index < -0.39 is 20.4 Å². The monoisotopic (exact) mass is 360 g/mol. The Balaban J connectivity index is 2.01. The van der Waals surface area contributed by atoms with E-state index in [1.54, 1.807) is 6.92 Å². The Kier molecular flexibility index (Phi) is 4.22. The molecule has 0 saturated heterocycles. The lowest BCUT2D eigenvalue weighted by Crippen LogP contribution is -2.10. The van der Waals surface area contributed by atoms with E-state index in [0.717, 1.165) is 11.6 Å². The van der Waals surface area contributed by atoms with Gasteiger partial charge in [0, 0.05) is 11.6 Å². The van der Waals surface area contributed by atoms with Crippen molar-refractivity contribution in [3.63, 3.8) is 0 Å². The van der Waals surface area contributed by atoms with Gasteiger partial charge in [0.1, 0.15) is 21.9 Å². The van der Waals surface area contributed by atoms with Crippen LogP contribution in [0.2, 0.25) is 0 Å². The summed E-state index contributed by atoms with van der Waals surface area (Å²) in [6.07, 6.45) is 0.946. The first-order chi connectivity index (χ1) is 11.8. The lowest BCUT2D eigenvalue weighted by atomic mass is 10.2. The first kappa shape index (κ1) is 17.0. The van der Waals surface area contributed by atoms with Gasteiger partial charge < -0.3 is 9.73 Å². The summed E-state index contributed by atoms with van der Waals surface area (Å²) >= 11 is 0. The number of nitro benzene ring substituents is 1. The zero-order valence-corrected chi connectivity index (χ0v) is 14.4. The molecular formula is C17H16N2O5S. The summed E-state index contributed by atoms with van der Waals surface area (Å²) < 4.78 is 29.4. The minimum absolute atomic E-state index is 0.126. The number of fused-ring (bicyclic) bond motifs is 1. The molecule has 0 saturated carbocycles. The summed E-state index contributed by atoms with van der Waals surface area (Å²) in [5.74, 6) is 0.597. The van der Waals surface area contributed by atoms with Gasteiger partial charge in [0.25, 0.3) is 0 Å². The SMILES string of the molecule is CC(Nc1cccc(S(C)(=O)=O)c1[N+](=O)[O-])c1cc2ccccc2o1. The standard InChI is InChI=1S/C17H16N2O5S/c1-11(15-10-12-6-3-4-8-14(12)24-15)18-13-7-5-9-16(25(2,22)23)17(13)19(20)21/h3-11,18H,1-2H3. The van der Waals surface area contributed by atoms with Crippen LogP contribution in [0.4, 0.5) is 11.4 Å². The van der Waals surface area contributed by atoms with Gasteiger partial charge in [0.2, 0.25) is 0 Å². The second-order valence-corrected chi connectivity index (χ2v) is 7.72. The number of anilines is 1. The van der Waals surface area contributed by atoms with Crippen molar-refractivity contribution in [3.05, 3.63) is 64.4 Å². The molecule has 0 bridgehead atoms. The molecule has 0 aliphatic rings. The number of hydrogen-bond donors (Lipinski definition) is 1. The van der Waals surface area contributed by atoms with Crippen molar-refractivity contribution in [2.75, 3.05) is 11.6 Å². The quantitative estimate of drug-likeness (QED) is 0.546. The molecule has 3 aromatic rings. The third-order valence-corrected chi connectivity index (χ3v) is 4.95. The van der Waals surface area contributed by atoms with Gasteiger partial charge in [0.05, 0.1) is 11.0 Å². The van der Waals surface area contributed by atoms with Gasteiger partial charge in [-0.15, -0.1) is 0 Å². The van der Waals surface area contributed by atoms with Gasteiger partial charge in [-0.25, -0.2) is 8.42 Å². The van der Waals surface area contributed by atoms with Crippen molar-refractivity contribution < 1.29 is 17.8 Å². The third-order valence-electron chi connectivity index (χ3n) is 3.82. The van der Waals surface area contributed by atoms with E-state index >= 15 is 0 Å². The van der Waals surface area contributed by atoms with Crippen LogP contribution in [0.15, 0.2) is 57.8 Å². The van der Waals surface area contributed by atoms with Gasteiger partial charge in [0.15, 0.2) is 9.84 Å². The maximum absolute atomic E-state index is 11.8. The zero-order valence-electron chi connectivity index (χ0n) is 13.6. The molecule has 7 nitrogen and oxygen atoms in total. The number of nitrogens with one attached hydrogen (secondary N) is 1. The molecule has 0 aliphatic carbocycles.